The van der Waals surface area contributed by atoms with Crippen molar-refractivity contribution in [1.29, 1.82) is 0 Å². The second-order valence-corrected chi connectivity index (χ2v) is 4.41. The van der Waals surface area contributed by atoms with Crippen molar-refractivity contribution in [1.82, 2.24) is 5.32 Å². The molecule has 1 fully saturated rings. The first-order chi connectivity index (χ1) is 7.52. The zero-order valence-corrected chi connectivity index (χ0v) is 9.48. The minimum atomic E-state index is -0.881. The van der Waals surface area contributed by atoms with Gasteiger partial charge in [-0.2, -0.15) is 0 Å². The molecule has 1 rings (SSSR count). The number of aliphatic hydroxyl groups excluding tert-OH is 1. The number of hydrogen-bond donors (Lipinski definition) is 3. The summed E-state index contributed by atoms with van der Waals surface area (Å²) in [7, 11) is 0. The van der Waals surface area contributed by atoms with Gasteiger partial charge in [0.05, 0.1) is 17.9 Å². The molecule has 1 amide bonds. The lowest BCUT2D eigenvalue weighted by atomic mass is 9.95. The summed E-state index contributed by atoms with van der Waals surface area (Å²) < 4.78 is 0. The third kappa shape index (κ3) is 3.48. The van der Waals surface area contributed by atoms with E-state index in [0.29, 0.717) is 25.8 Å². The second-order valence-electron chi connectivity index (χ2n) is 4.41. The topological polar surface area (TPSA) is 86.6 Å². The molecular weight excluding hydrogens is 210 g/mol. The van der Waals surface area contributed by atoms with E-state index in [1.807, 2.05) is 0 Å². The standard InChI is InChI=1S/C11H19NO4/c1-7(13)5-6-12-10(14)8-3-2-4-9(8)11(15)16/h7-9,13H,2-6H2,1H3,(H,12,14)(H,15,16). The summed E-state index contributed by atoms with van der Waals surface area (Å²) in [6.45, 7) is 2.06. The molecule has 16 heavy (non-hydrogen) atoms. The third-order valence-corrected chi connectivity index (χ3v) is 3.03. The van der Waals surface area contributed by atoms with Gasteiger partial charge in [0.15, 0.2) is 0 Å². The Bertz CT molecular complexity index is 265. The maximum atomic E-state index is 11.7. The van der Waals surface area contributed by atoms with Crippen LogP contribution in [-0.4, -0.2) is 34.7 Å². The number of carbonyl (C=O) groups is 2. The number of carboxylic acids is 1. The van der Waals surface area contributed by atoms with Crippen LogP contribution in [-0.2, 0) is 9.59 Å². The van der Waals surface area contributed by atoms with Crippen molar-refractivity contribution in [3.63, 3.8) is 0 Å². The van der Waals surface area contributed by atoms with E-state index in [9.17, 15) is 9.59 Å². The van der Waals surface area contributed by atoms with E-state index in [1.165, 1.54) is 0 Å². The van der Waals surface area contributed by atoms with Gasteiger partial charge >= 0.3 is 5.97 Å². The fourth-order valence-electron chi connectivity index (χ4n) is 2.10. The SMILES string of the molecule is CC(O)CCNC(=O)C1CCCC1C(=O)O. The lowest BCUT2D eigenvalue weighted by Crippen LogP contribution is -2.36. The Morgan fingerprint density at radius 2 is 2.00 bits per heavy atom. The summed E-state index contributed by atoms with van der Waals surface area (Å²) in [4.78, 5) is 22.6. The zero-order valence-electron chi connectivity index (χ0n) is 9.48. The smallest absolute Gasteiger partial charge is 0.307 e. The van der Waals surface area contributed by atoms with Gasteiger partial charge < -0.3 is 15.5 Å². The van der Waals surface area contributed by atoms with E-state index in [0.717, 1.165) is 6.42 Å². The molecule has 0 heterocycles. The molecule has 3 unspecified atom stereocenters. The summed E-state index contributed by atoms with van der Waals surface area (Å²) in [5.74, 6) is -2.00. The van der Waals surface area contributed by atoms with E-state index in [1.54, 1.807) is 6.92 Å². The van der Waals surface area contributed by atoms with Crippen molar-refractivity contribution in [2.75, 3.05) is 6.54 Å². The van der Waals surface area contributed by atoms with Crippen LogP contribution in [0, 0.1) is 11.8 Å². The van der Waals surface area contributed by atoms with Crippen LogP contribution in [0.2, 0.25) is 0 Å². The lowest BCUT2D eigenvalue weighted by molar-refractivity contribution is -0.146. The van der Waals surface area contributed by atoms with E-state index in [2.05, 4.69) is 5.32 Å². The highest BCUT2D eigenvalue weighted by molar-refractivity contribution is 5.85. The number of amides is 1. The summed E-state index contributed by atoms with van der Waals surface area (Å²) >= 11 is 0. The van der Waals surface area contributed by atoms with Crippen molar-refractivity contribution in [3.05, 3.63) is 0 Å². The Hall–Kier alpha value is -1.10. The Morgan fingerprint density at radius 3 is 2.56 bits per heavy atom. The van der Waals surface area contributed by atoms with Crippen LogP contribution in [0.1, 0.15) is 32.6 Å². The Morgan fingerprint density at radius 1 is 1.38 bits per heavy atom. The molecule has 0 aromatic carbocycles. The van der Waals surface area contributed by atoms with Crippen LogP contribution >= 0.6 is 0 Å². The normalized spacial score (nSPS) is 26.4. The largest absolute Gasteiger partial charge is 0.481 e. The summed E-state index contributed by atoms with van der Waals surface area (Å²) in [6, 6.07) is 0. The molecule has 0 radical (unpaired) electrons. The fraction of sp³-hybridized carbons (Fsp3) is 0.818. The highest BCUT2D eigenvalue weighted by Gasteiger charge is 2.37. The average molecular weight is 229 g/mol. The summed E-state index contributed by atoms with van der Waals surface area (Å²) in [5.41, 5.74) is 0. The number of carboxylic acid groups (broad SMARTS) is 1. The highest BCUT2D eigenvalue weighted by atomic mass is 16.4. The molecule has 3 N–H and O–H groups in total. The molecule has 1 aliphatic rings. The van der Waals surface area contributed by atoms with Gasteiger partial charge in [0.25, 0.3) is 0 Å². The molecule has 3 atom stereocenters. The molecule has 5 nitrogen and oxygen atoms in total. The molecule has 0 aromatic heterocycles. The monoisotopic (exact) mass is 229 g/mol. The number of carbonyl (C=O) groups excluding carboxylic acids is 1. The summed E-state index contributed by atoms with van der Waals surface area (Å²) in [5, 5.41) is 20.6. The number of aliphatic carboxylic acids is 1. The van der Waals surface area contributed by atoms with E-state index in [-0.39, 0.29) is 5.91 Å². The molecule has 0 saturated heterocycles. The Kier molecular flexibility index (Phi) is 4.73. The molecule has 0 aromatic rings. The van der Waals surface area contributed by atoms with Crippen molar-refractivity contribution in [2.24, 2.45) is 11.8 Å². The minimum absolute atomic E-state index is 0.189. The van der Waals surface area contributed by atoms with Crippen LogP contribution in [0.15, 0.2) is 0 Å². The fourth-order valence-corrected chi connectivity index (χ4v) is 2.10. The first-order valence-electron chi connectivity index (χ1n) is 5.71. The Balaban J connectivity index is 2.38. The van der Waals surface area contributed by atoms with Crippen LogP contribution < -0.4 is 5.32 Å². The summed E-state index contributed by atoms with van der Waals surface area (Å²) in [6.07, 6.45) is 2.09. The molecule has 1 saturated carbocycles. The molecule has 0 spiro atoms. The van der Waals surface area contributed by atoms with Gasteiger partial charge in [-0.15, -0.1) is 0 Å². The lowest BCUT2D eigenvalue weighted by Gasteiger charge is -2.15. The predicted octanol–water partition coefficient (Wildman–Crippen LogP) is 0.374. The van der Waals surface area contributed by atoms with Crippen LogP contribution in [0.4, 0.5) is 0 Å². The van der Waals surface area contributed by atoms with Crippen molar-refractivity contribution in [3.8, 4) is 0 Å². The maximum Gasteiger partial charge on any atom is 0.307 e. The predicted molar refractivity (Wildman–Crippen MR) is 57.8 cm³/mol. The third-order valence-electron chi connectivity index (χ3n) is 3.03. The van der Waals surface area contributed by atoms with E-state index < -0.39 is 23.9 Å². The number of aliphatic hydroxyl groups is 1. The van der Waals surface area contributed by atoms with Gasteiger partial charge in [-0.25, -0.2) is 0 Å². The first kappa shape index (κ1) is 13.0. The van der Waals surface area contributed by atoms with Gasteiger partial charge in [-0.05, 0) is 26.2 Å². The molecule has 5 heteroatoms. The zero-order chi connectivity index (χ0) is 12.1. The van der Waals surface area contributed by atoms with E-state index >= 15 is 0 Å². The van der Waals surface area contributed by atoms with Crippen LogP contribution in [0.3, 0.4) is 0 Å². The molecule has 0 bridgehead atoms. The second kappa shape index (κ2) is 5.84. The van der Waals surface area contributed by atoms with Crippen LogP contribution in [0.25, 0.3) is 0 Å². The number of rotatable bonds is 5. The quantitative estimate of drug-likeness (QED) is 0.636. The molecule has 1 aliphatic carbocycles. The van der Waals surface area contributed by atoms with Gasteiger partial charge in [0.2, 0.25) is 5.91 Å². The van der Waals surface area contributed by atoms with Crippen LogP contribution in [0.5, 0.6) is 0 Å². The molecular formula is C11H19NO4. The van der Waals surface area contributed by atoms with Gasteiger partial charge in [-0.1, -0.05) is 6.42 Å². The van der Waals surface area contributed by atoms with Crippen molar-refractivity contribution >= 4 is 11.9 Å². The van der Waals surface area contributed by atoms with Gasteiger partial charge in [0, 0.05) is 6.54 Å². The highest BCUT2D eigenvalue weighted by Crippen LogP contribution is 2.31. The average Bonchev–Trinajstić information content (AvgIpc) is 2.65. The first-order valence-corrected chi connectivity index (χ1v) is 5.71. The van der Waals surface area contributed by atoms with Crippen molar-refractivity contribution < 1.29 is 19.8 Å². The number of hydrogen-bond acceptors (Lipinski definition) is 3. The van der Waals surface area contributed by atoms with Gasteiger partial charge in [-0.3, -0.25) is 9.59 Å². The molecule has 92 valence electrons. The Labute approximate surface area is 94.8 Å². The minimum Gasteiger partial charge on any atom is -0.481 e. The maximum absolute atomic E-state index is 11.7. The van der Waals surface area contributed by atoms with Crippen molar-refractivity contribution in [2.45, 2.75) is 38.7 Å². The van der Waals surface area contributed by atoms with Gasteiger partial charge in [0.1, 0.15) is 0 Å². The molecule has 0 aliphatic heterocycles. The number of nitrogens with one attached hydrogen (secondary N) is 1. The van der Waals surface area contributed by atoms with E-state index in [4.69, 9.17) is 10.2 Å².